The number of hydrogen-bond donors (Lipinski definition) is 3. The molecule has 3 N–H and O–H groups in total. The highest BCUT2D eigenvalue weighted by Crippen LogP contribution is 2.39. The number of carbonyl (C=O) groups is 2. The monoisotopic (exact) mass is 595 g/mol. The summed E-state index contributed by atoms with van der Waals surface area (Å²) in [7, 11) is 2.02. The van der Waals surface area contributed by atoms with Crippen LogP contribution in [0.2, 0.25) is 0 Å². The summed E-state index contributed by atoms with van der Waals surface area (Å²) >= 11 is 0. The van der Waals surface area contributed by atoms with E-state index < -0.39 is 0 Å². The maximum atomic E-state index is 13.7. The van der Waals surface area contributed by atoms with E-state index in [4.69, 9.17) is 0 Å². The molecule has 2 amide bonds. The zero-order valence-corrected chi connectivity index (χ0v) is 25.6. The zero-order valence-electron chi connectivity index (χ0n) is 25.6. The highest BCUT2D eigenvalue weighted by molar-refractivity contribution is 6.37. The minimum Gasteiger partial charge on any atom is -0.354 e. The van der Waals surface area contributed by atoms with E-state index >= 15 is 0 Å². The fourth-order valence-electron chi connectivity index (χ4n) is 6.41. The van der Waals surface area contributed by atoms with Crippen LogP contribution in [0.25, 0.3) is 22.2 Å². The van der Waals surface area contributed by atoms with Crippen molar-refractivity contribution in [3.05, 3.63) is 131 Å². The van der Waals surface area contributed by atoms with Gasteiger partial charge in [-0.05, 0) is 98.1 Å². The zero-order chi connectivity index (χ0) is 30.9. The van der Waals surface area contributed by atoms with Crippen LogP contribution in [0.4, 0.5) is 11.4 Å². The lowest BCUT2D eigenvalue weighted by molar-refractivity contribution is -0.110. The number of rotatable bonds is 8. The minimum atomic E-state index is -0.207. The highest BCUT2D eigenvalue weighted by atomic mass is 16.2. The van der Waals surface area contributed by atoms with Crippen LogP contribution in [0.3, 0.4) is 0 Å². The van der Waals surface area contributed by atoms with Gasteiger partial charge in [-0.25, -0.2) is 0 Å². The van der Waals surface area contributed by atoms with Crippen LogP contribution in [0, 0.1) is 0 Å². The van der Waals surface area contributed by atoms with Gasteiger partial charge < -0.3 is 20.5 Å². The molecular formula is C38H37N5O2. The van der Waals surface area contributed by atoms with Crippen molar-refractivity contribution in [1.29, 1.82) is 0 Å². The van der Waals surface area contributed by atoms with Crippen molar-refractivity contribution < 1.29 is 9.59 Å². The number of amides is 2. The first-order valence-electron chi connectivity index (χ1n) is 15.6. The summed E-state index contributed by atoms with van der Waals surface area (Å²) in [4.78, 5) is 29.6. The Balaban J connectivity index is 1.26. The molecule has 0 unspecified atom stereocenters. The van der Waals surface area contributed by atoms with E-state index in [0.717, 1.165) is 47.4 Å². The maximum Gasteiger partial charge on any atom is 0.258 e. The van der Waals surface area contributed by atoms with Crippen molar-refractivity contribution in [3.8, 4) is 0 Å². The largest absolute Gasteiger partial charge is 0.354 e. The lowest BCUT2D eigenvalue weighted by Gasteiger charge is -2.17. The molecular weight excluding hydrogens is 558 g/mol. The number of nitrogens with one attached hydrogen (secondary N) is 3. The molecule has 0 aliphatic carbocycles. The van der Waals surface area contributed by atoms with Gasteiger partial charge in [0.25, 0.3) is 11.8 Å². The number of aromatic nitrogens is 1. The Morgan fingerprint density at radius 3 is 2.42 bits per heavy atom. The molecule has 1 fully saturated rings. The predicted molar refractivity (Wildman–Crippen MR) is 182 cm³/mol. The Morgan fingerprint density at radius 1 is 0.889 bits per heavy atom. The fraction of sp³-hybridized carbons (Fsp3) is 0.211. The quantitative estimate of drug-likeness (QED) is 0.166. The Kier molecular flexibility index (Phi) is 7.69. The molecule has 226 valence electrons. The molecule has 0 saturated carbocycles. The fourth-order valence-corrected chi connectivity index (χ4v) is 6.41. The number of carbonyl (C=O) groups excluding carboxylic acids is 2. The second-order valence-electron chi connectivity index (χ2n) is 12.1. The second-order valence-corrected chi connectivity index (χ2v) is 12.1. The summed E-state index contributed by atoms with van der Waals surface area (Å²) in [5.41, 5.74) is 8.26. The standard InChI is InChI=1S/C38H37N5O2/c1-25(27-8-4-3-5-9-27)39-37(44)30-12-16-33-32(23-30)35(38(45)41-33)36(29-13-17-34-28(22-29)18-21-42(34)2)40-31-14-10-26(11-15-31)24-43-19-6-7-20-43/h3-5,8-18,21-23,25,40H,6-7,19-20,24H2,1-2H3,(H,39,44)(H,41,45)/t25-/m1/s1. The van der Waals surface area contributed by atoms with E-state index in [-0.39, 0.29) is 17.9 Å². The highest BCUT2D eigenvalue weighted by Gasteiger charge is 2.30. The molecule has 4 aromatic carbocycles. The maximum absolute atomic E-state index is 13.7. The van der Waals surface area contributed by atoms with Crippen LogP contribution in [-0.2, 0) is 18.4 Å². The molecule has 1 aromatic heterocycles. The van der Waals surface area contributed by atoms with Gasteiger partial charge in [0.2, 0.25) is 0 Å². The molecule has 7 nitrogen and oxygen atoms in total. The molecule has 3 heterocycles. The van der Waals surface area contributed by atoms with Gasteiger partial charge in [0.05, 0.1) is 17.3 Å². The number of likely N-dealkylation sites (tertiary alicyclic amines) is 1. The van der Waals surface area contributed by atoms with Gasteiger partial charge in [-0.3, -0.25) is 14.5 Å². The molecule has 1 saturated heterocycles. The Morgan fingerprint density at radius 2 is 1.64 bits per heavy atom. The van der Waals surface area contributed by atoms with E-state index in [1.54, 1.807) is 6.07 Å². The van der Waals surface area contributed by atoms with Crippen molar-refractivity contribution in [2.24, 2.45) is 7.05 Å². The Bertz CT molecular complexity index is 1920. The third-order valence-corrected chi connectivity index (χ3v) is 8.93. The molecule has 7 heteroatoms. The van der Waals surface area contributed by atoms with Gasteiger partial charge in [-0.2, -0.15) is 0 Å². The average molecular weight is 596 g/mol. The van der Waals surface area contributed by atoms with Crippen LogP contribution in [0.5, 0.6) is 0 Å². The lowest BCUT2D eigenvalue weighted by Crippen LogP contribution is -2.26. The number of anilines is 2. The van der Waals surface area contributed by atoms with Gasteiger partial charge in [0.15, 0.2) is 0 Å². The van der Waals surface area contributed by atoms with Gasteiger partial charge >= 0.3 is 0 Å². The molecule has 5 aromatic rings. The Labute approximate surface area is 263 Å². The van der Waals surface area contributed by atoms with Crippen molar-refractivity contribution in [2.45, 2.75) is 32.4 Å². The summed E-state index contributed by atoms with van der Waals surface area (Å²) in [5.74, 6) is -0.400. The molecule has 0 bridgehead atoms. The van der Waals surface area contributed by atoms with Gasteiger partial charge in [-0.1, -0.05) is 48.5 Å². The summed E-state index contributed by atoms with van der Waals surface area (Å²) in [6, 6.07) is 31.9. The van der Waals surface area contributed by atoms with Crippen LogP contribution >= 0.6 is 0 Å². The average Bonchev–Trinajstić information content (AvgIpc) is 3.79. The van der Waals surface area contributed by atoms with Crippen LogP contribution in [-0.4, -0.2) is 34.4 Å². The lowest BCUT2D eigenvalue weighted by atomic mass is 9.97. The molecule has 2 aliphatic heterocycles. The summed E-state index contributed by atoms with van der Waals surface area (Å²) in [6.45, 7) is 5.22. The van der Waals surface area contributed by atoms with Crippen LogP contribution < -0.4 is 16.0 Å². The molecule has 2 aliphatic rings. The van der Waals surface area contributed by atoms with Crippen LogP contribution in [0.15, 0.2) is 103 Å². The van der Waals surface area contributed by atoms with Crippen molar-refractivity contribution >= 4 is 45.4 Å². The first-order chi connectivity index (χ1) is 21.9. The number of benzene rings is 4. The van der Waals surface area contributed by atoms with E-state index in [0.29, 0.717) is 28.1 Å². The predicted octanol–water partition coefficient (Wildman–Crippen LogP) is 7.20. The third kappa shape index (κ3) is 5.87. The van der Waals surface area contributed by atoms with Gasteiger partial charge in [0.1, 0.15) is 0 Å². The van der Waals surface area contributed by atoms with Crippen molar-refractivity contribution in [2.75, 3.05) is 23.7 Å². The summed E-state index contributed by atoms with van der Waals surface area (Å²) in [6.07, 6.45) is 4.56. The number of aryl methyl sites for hydroxylation is 1. The van der Waals surface area contributed by atoms with E-state index in [1.807, 2.05) is 68.7 Å². The van der Waals surface area contributed by atoms with Crippen molar-refractivity contribution in [3.63, 3.8) is 0 Å². The number of hydrogen-bond acceptors (Lipinski definition) is 4. The van der Waals surface area contributed by atoms with Gasteiger partial charge in [0, 0.05) is 53.2 Å². The third-order valence-electron chi connectivity index (χ3n) is 8.93. The SMILES string of the molecule is C[C@@H](NC(=O)c1ccc2c(c1)C(=C(Nc1ccc(CN3CCCC3)cc1)c1ccc3c(ccn3C)c1)C(=O)N2)c1ccccc1. The first kappa shape index (κ1) is 28.6. The molecule has 45 heavy (non-hydrogen) atoms. The molecule has 7 rings (SSSR count). The first-order valence-corrected chi connectivity index (χ1v) is 15.6. The summed E-state index contributed by atoms with van der Waals surface area (Å²) < 4.78 is 2.08. The topological polar surface area (TPSA) is 78.4 Å². The molecule has 0 radical (unpaired) electrons. The Hall–Kier alpha value is -5.14. The van der Waals surface area contributed by atoms with E-state index in [2.05, 4.69) is 67.9 Å². The van der Waals surface area contributed by atoms with E-state index in [1.165, 1.54) is 18.4 Å². The number of fused-ring (bicyclic) bond motifs is 2. The normalized spacial score (nSPS) is 16.4. The summed E-state index contributed by atoms with van der Waals surface area (Å²) in [5, 5.41) is 10.8. The van der Waals surface area contributed by atoms with E-state index in [9.17, 15) is 9.59 Å². The molecule has 0 spiro atoms. The smallest absolute Gasteiger partial charge is 0.258 e. The van der Waals surface area contributed by atoms with Gasteiger partial charge in [-0.15, -0.1) is 0 Å². The molecule has 1 atom stereocenters. The number of nitrogens with zero attached hydrogens (tertiary/aromatic N) is 2. The van der Waals surface area contributed by atoms with Crippen molar-refractivity contribution in [1.82, 2.24) is 14.8 Å². The van der Waals surface area contributed by atoms with Crippen LogP contribution in [0.1, 0.15) is 58.4 Å². The second kappa shape index (κ2) is 12.1. The minimum absolute atomic E-state index is 0.162.